The van der Waals surface area contributed by atoms with Gasteiger partial charge in [0.2, 0.25) is 17.6 Å². The summed E-state index contributed by atoms with van der Waals surface area (Å²) >= 11 is 5.91. The molecule has 0 N–H and O–H groups in total. The van der Waals surface area contributed by atoms with Gasteiger partial charge in [0.05, 0.1) is 0 Å². The molecule has 3 aromatic heterocycles. The molecule has 0 spiro atoms. The van der Waals surface area contributed by atoms with Crippen molar-refractivity contribution in [3.63, 3.8) is 0 Å². The highest BCUT2D eigenvalue weighted by molar-refractivity contribution is 6.30. The van der Waals surface area contributed by atoms with Crippen LogP contribution in [-0.2, 0) is 17.6 Å². The molecule has 0 saturated heterocycles. The summed E-state index contributed by atoms with van der Waals surface area (Å²) in [7, 11) is 1.75. The number of hydrogen-bond acceptors (Lipinski definition) is 9. The summed E-state index contributed by atoms with van der Waals surface area (Å²) in [5.41, 5.74) is 1.33. The molecule has 1 amide bonds. The Labute approximate surface area is 200 Å². The lowest BCUT2D eigenvalue weighted by Crippen LogP contribution is -2.36. The van der Waals surface area contributed by atoms with E-state index < -0.39 is 0 Å². The third-order valence-corrected chi connectivity index (χ3v) is 6.10. The molecule has 1 unspecified atom stereocenters. The maximum atomic E-state index is 12.7. The van der Waals surface area contributed by atoms with Crippen LogP contribution in [0.3, 0.4) is 0 Å². The number of carbonyl (C=O) groups is 1. The van der Waals surface area contributed by atoms with E-state index in [9.17, 15) is 4.79 Å². The van der Waals surface area contributed by atoms with Crippen molar-refractivity contribution >= 4 is 17.5 Å². The first-order valence-electron chi connectivity index (χ1n) is 11.1. The van der Waals surface area contributed by atoms with Crippen LogP contribution in [-0.4, -0.2) is 49.3 Å². The number of benzene rings is 1. The lowest BCUT2D eigenvalue weighted by atomic mass is 10.1. The Morgan fingerprint density at radius 3 is 2.68 bits per heavy atom. The number of amides is 1. The van der Waals surface area contributed by atoms with Crippen LogP contribution in [0.25, 0.3) is 23.0 Å². The predicted molar refractivity (Wildman–Crippen MR) is 121 cm³/mol. The summed E-state index contributed by atoms with van der Waals surface area (Å²) in [6, 6.07) is 8.87. The van der Waals surface area contributed by atoms with Gasteiger partial charge < -0.3 is 18.5 Å². The average Bonchev–Trinajstić information content (AvgIpc) is 3.21. The topological polar surface area (TPSA) is 124 Å². The number of hydrogen-bond donors (Lipinski definition) is 0. The Morgan fingerprint density at radius 1 is 1.12 bits per heavy atom. The number of aryl methyl sites for hydroxylation is 1. The molecule has 1 atom stereocenters. The van der Waals surface area contributed by atoms with Crippen molar-refractivity contribution in [2.45, 2.75) is 51.0 Å². The Balaban J connectivity index is 1.13. The molecule has 0 aliphatic heterocycles. The second-order valence-electron chi connectivity index (χ2n) is 8.48. The van der Waals surface area contributed by atoms with Crippen LogP contribution in [0.4, 0.5) is 0 Å². The molecule has 10 nitrogen and oxygen atoms in total. The van der Waals surface area contributed by atoms with Crippen molar-refractivity contribution in [1.29, 1.82) is 0 Å². The molecular weight excluding hydrogens is 460 g/mol. The Kier molecular flexibility index (Phi) is 6.14. The third kappa shape index (κ3) is 5.01. The lowest BCUT2D eigenvalue weighted by molar-refractivity contribution is -0.131. The van der Waals surface area contributed by atoms with E-state index in [0.29, 0.717) is 52.9 Å². The number of nitrogens with zero attached hydrogens (tertiary/aromatic N) is 6. The first-order chi connectivity index (χ1) is 16.5. The van der Waals surface area contributed by atoms with Crippen molar-refractivity contribution in [1.82, 2.24) is 30.3 Å². The first kappa shape index (κ1) is 22.3. The fourth-order valence-corrected chi connectivity index (χ4v) is 3.63. The molecule has 3 heterocycles. The minimum Gasteiger partial charge on any atom is -0.360 e. The number of halogens is 1. The van der Waals surface area contributed by atoms with E-state index in [1.165, 1.54) is 0 Å². The van der Waals surface area contributed by atoms with Gasteiger partial charge in [-0.15, -0.1) is 0 Å². The summed E-state index contributed by atoms with van der Waals surface area (Å²) in [6.07, 6.45) is 3.28. The number of rotatable bonds is 9. The molecule has 1 aromatic carbocycles. The molecule has 176 valence electrons. The van der Waals surface area contributed by atoms with E-state index in [0.717, 1.165) is 24.2 Å². The lowest BCUT2D eigenvalue weighted by Gasteiger charge is -2.23. The second-order valence-corrected chi connectivity index (χ2v) is 8.92. The highest BCUT2D eigenvalue weighted by atomic mass is 35.5. The van der Waals surface area contributed by atoms with Crippen molar-refractivity contribution in [2.75, 3.05) is 7.05 Å². The summed E-state index contributed by atoms with van der Waals surface area (Å²) in [6.45, 7) is 1.93. The molecule has 1 aliphatic carbocycles. The zero-order valence-electron chi connectivity index (χ0n) is 18.8. The van der Waals surface area contributed by atoms with Gasteiger partial charge in [-0.25, -0.2) is 0 Å². The molecular formula is C23H23ClN6O4. The fourth-order valence-electron chi connectivity index (χ4n) is 3.50. The molecule has 5 rings (SSSR count). The predicted octanol–water partition coefficient (Wildman–Crippen LogP) is 4.33. The van der Waals surface area contributed by atoms with E-state index >= 15 is 0 Å². The average molecular weight is 483 g/mol. The molecule has 0 bridgehead atoms. The Morgan fingerprint density at radius 2 is 1.91 bits per heavy atom. The largest absolute Gasteiger partial charge is 0.360 e. The smallest absolute Gasteiger partial charge is 0.280 e. The minimum atomic E-state index is -0.135. The van der Waals surface area contributed by atoms with Crippen LogP contribution in [0.1, 0.15) is 49.6 Å². The standard InChI is InChI=1S/C23H23ClN6O4/c1-13(11-19-25-23(34-28-19)17-12-18(32-27-17)14-3-4-14)30(2)21(31)10-9-20-26-22(29-33-20)15-5-7-16(24)8-6-15/h5-8,12-14H,3-4,9-11H2,1-2H3. The summed E-state index contributed by atoms with van der Waals surface area (Å²) in [5.74, 6) is 2.95. The van der Waals surface area contributed by atoms with E-state index in [1.807, 2.05) is 25.1 Å². The number of aromatic nitrogens is 5. The second kappa shape index (κ2) is 9.38. The zero-order valence-corrected chi connectivity index (χ0v) is 19.5. The van der Waals surface area contributed by atoms with Crippen molar-refractivity contribution in [3.8, 4) is 23.0 Å². The minimum absolute atomic E-state index is 0.0481. The van der Waals surface area contributed by atoms with Gasteiger partial charge in [-0.3, -0.25) is 4.79 Å². The maximum absolute atomic E-state index is 12.7. The number of likely N-dealkylation sites (N-methyl/N-ethyl adjacent to an activating group) is 1. The van der Waals surface area contributed by atoms with Crippen LogP contribution in [0.15, 0.2) is 43.9 Å². The van der Waals surface area contributed by atoms with Crippen LogP contribution < -0.4 is 0 Å². The normalized spacial score (nSPS) is 14.3. The Bertz CT molecular complexity index is 1280. The monoisotopic (exact) mass is 482 g/mol. The van der Waals surface area contributed by atoms with Gasteiger partial charge in [0.25, 0.3) is 5.89 Å². The van der Waals surface area contributed by atoms with Gasteiger partial charge in [-0.1, -0.05) is 27.1 Å². The molecule has 1 aliphatic rings. The molecule has 0 radical (unpaired) electrons. The van der Waals surface area contributed by atoms with Gasteiger partial charge in [-0.05, 0) is 44.0 Å². The van der Waals surface area contributed by atoms with Gasteiger partial charge in [-0.2, -0.15) is 9.97 Å². The van der Waals surface area contributed by atoms with Crippen molar-refractivity contribution < 1.29 is 18.4 Å². The molecule has 4 aromatic rings. The third-order valence-electron chi connectivity index (χ3n) is 5.85. The maximum Gasteiger partial charge on any atom is 0.280 e. The van der Waals surface area contributed by atoms with Crippen LogP contribution in [0.2, 0.25) is 5.02 Å². The molecule has 34 heavy (non-hydrogen) atoms. The van der Waals surface area contributed by atoms with Crippen LogP contribution in [0, 0.1) is 0 Å². The van der Waals surface area contributed by atoms with E-state index in [-0.39, 0.29) is 18.4 Å². The van der Waals surface area contributed by atoms with Crippen LogP contribution in [0.5, 0.6) is 0 Å². The SMILES string of the molecule is CC(Cc1noc(-c2cc(C3CC3)on2)n1)N(C)C(=O)CCc1nc(-c2ccc(Cl)cc2)no1. The van der Waals surface area contributed by atoms with Gasteiger partial charge in [0, 0.05) is 54.9 Å². The highest BCUT2D eigenvalue weighted by Gasteiger charge is 2.29. The fraction of sp³-hybridized carbons (Fsp3) is 0.391. The number of carbonyl (C=O) groups excluding carboxylic acids is 1. The van der Waals surface area contributed by atoms with Crippen LogP contribution >= 0.6 is 11.6 Å². The van der Waals surface area contributed by atoms with E-state index in [2.05, 4.69) is 25.4 Å². The summed E-state index contributed by atoms with van der Waals surface area (Å²) in [4.78, 5) is 23.1. The van der Waals surface area contributed by atoms with E-state index in [1.54, 1.807) is 24.1 Å². The summed E-state index contributed by atoms with van der Waals surface area (Å²) < 4.78 is 16.0. The van der Waals surface area contributed by atoms with Crippen molar-refractivity contribution in [2.24, 2.45) is 0 Å². The van der Waals surface area contributed by atoms with Crippen molar-refractivity contribution in [3.05, 3.63) is 52.8 Å². The highest BCUT2D eigenvalue weighted by Crippen LogP contribution is 2.41. The van der Waals surface area contributed by atoms with Gasteiger partial charge in [0.1, 0.15) is 5.76 Å². The Hall–Kier alpha value is -3.53. The summed E-state index contributed by atoms with van der Waals surface area (Å²) in [5, 5.41) is 12.7. The first-order valence-corrected chi connectivity index (χ1v) is 11.5. The van der Waals surface area contributed by atoms with Gasteiger partial charge >= 0.3 is 0 Å². The van der Waals surface area contributed by atoms with Gasteiger partial charge in [0.15, 0.2) is 11.5 Å². The molecule has 1 saturated carbocycles. The zero-order chi connectivity index (χ0) is 23.7. The quantitative estimate of drug-likeness (QED) is 0.342. The van der Waals surface area contributed by atoms with E-state index in [4.69, 9.17) is 25.2 Å². The molecule has 1 fully saturated rings. The molecule has 11 heteroatoms.